The summed E-state index contributed by atoms with van der Waals surface area (Å²) in [6.45, 7) is 4.09. The van der Waals surface area contributed by atoms with Gasteiger partial charge < -0.3 is 5.32 Å². The van der Waals surface area contributed by atoms with E-state index in [1.165, 1.54) is 6.08 Å². The summed E-state index contributed by atoms with van der Waals surface area (Å²) in [6, 6.07) is 0. The number of hydrogen-bond donors (Lipinski definition) is 1. The topological polar surface area (TPSA) is 53.8 Å². The van der Waals surface area contributed by atoms with Crippen LogP contribution in [0.25, 0.3) is 0 Å². The lowest BCUT2D eigenvalue weighted by molar-refractivity contribution is -0.113. The summed E-state index contributed by atoms with van der Waals surface area (Å²) in [5, 5.41) is 9.62. The molecule has 1 N–H and O–H groups in total. The van der Waals surface area contributed by atoms with E-state index in [4.69, 9.17) is 0 Å². The van der Waals surface area contributed by atoms with E-state index in [0.717, 1.165) is 0 Å². The van der Waals surface area contributed by atoms with Gasteiger partial charge in [0.2, 0.25) is 0 Å². The summed E-state index contributed by atoms with van der Waals surface area (Å²) in [5.74, 6) is 0.191. The third kappa shape index (κ3) is 1.51. The molecule has 4 heteroatoms. The predicted molar refractivity (Wildman–Crippen MR) is 36.1 cm³/mol. The smallest absolute Gasteiger partial charge is 0.292 e. The summed E-state index contributed by atoms with van der Waals surface area (Å²) in [4.78, 5) is 10.4. The number of nitrogens with zero attached hydrogens (tertiary/aromatic N) is 2. The quantitative estimate of drug-likeness (QED) is 0.579. The normalized spacial score (nSPS) is 15.2. The zero-order valence-electron chi connectivity index (χ0n) is 5.37. The second-order valence-electron chi connectivity index (χ2n) is 1.74. The molecule has 4 nitrogen and oxygen atoms in total. The van der Waals surface area contributed by atoms with Crippen molar-refractivity contribution in [2.24, 2.45) is 10.2 Å². The Hall–Kier alpha value is -1.45. The second kappa shape index (κ2) is 2.91. The van der Waals surface area contributed by atoms with Crippen LogP contribution in [0.2, 0.25) is 0 Å². The molecule has 0 aromatic heterocycles. The maximum absolute atomic E-state index is 10.4. The Morgan fingerprint density at radius 2 is 2.50 bits per heavy atom. The number of carbonyl (C=O) groups excluding carboxylic acids is 1. The fourth-order valence-electron chi connectivity index (χ4n) is 0.541. The van der Waals surface area contributed by atoms with E-state index in [1.54, 1.807) is 6.08 Å². The highest BCUT2D eigenvalue weighted by Gasteiger charge is 2.05. The summed E-state index contributed by atoms with van der Waals surface area (Å²) in [6.07, 6.45) is 3.02. The van der Waals surface area contributed by atoms with E-state index in [9.17, 15) is 4.79 Å². The Morgan fingerprint density at radius 1 is 1.70 bits per heavy atom. The fourth-order valence-corrected chi connectivity index (χ4v) is 0.541. The number of amides is 1. The zero-order chi connectivity index (χ0) is 7.40. The molecule has 0 radical (unpaired) electrons. The molecule has 0 atom stereocenters. The first kappa shape index (κ1) is 6.67. The van der Waals surface area contributed by atoms with E-state index in [0.29, 0.717) is 12.4 Å². The number of carbonyl (C=O) groups is 1. The molecule has 0 spiro atoms. The van der Waals surface area contributed by atoms with Crippen molar-refractivity contribution in [3.05, 3.63) is 24.6 Å². The van der Waals surface area contributed by atoms with E-state index in [-0.39, 0.29) is 5.91 Å². The number of nitrogens with one attached hydrogen (secondary N) is 1. The van der Waals surface area contributed by atoms with Gasteiger partial charge in [-0.15, -0.1) is 16.8 Å². The van der Waals surface area contributed by atoms with Crippen LogP contribution in [-0.4, -0.2) is 12.5 Å². The zero-order valence-corrected chi connectivity index (χ0v) is 5.37. The SMILES string of the molecule is C=CCNC1=CC(=O)N=N1. The third-order valence-corrected chi connectivity index (χ3v) is 0.944. The monoisotopic (exact) mass is 137 g/mol. The first-order chi connectivity index (χ1) is 4.83. The molecule has 1 aliphatic heterocycles. The lowest BCUT2D eigenvalue weighted by Crippen LogP contribution is -2.09. The Balaban J connectivity index is 2.43. The molecule has 0 unspecified atom stereocenters. The first-order valence-electron chi connectivity index (χ1n) is 2.85. The number of azo groups is 1. The molecule has 1 rings (SSSR count). The molecule has 1 heterocycles. The summed E-state index contributed by atoms with van der Waals surface area (Å²) in [5.41, 5.74) is 0. The first-order valence-corrected chi connectivity index (χ1v) is 2.85. The number of rotatable bonds is 3. The molecule has 10 heavy (non-hydrogen) atoms. The van der Waals surface area contributed by atoms with Crippen LogP contribution in [0, 0.1) is 0 Å². The van der Waals surface area contributed by atoms with Crippen LogP contribution < -0.4 is 5.32 Å². The van der Waals surface area contributed by atoms with Crippen LogP contribution in [0.5, 0.6) is 0 Å². The maximum Gasteiger partial charge on any atom is 0.292 e. The summed E-state index contributed by atoms with van der Waals surface area (Å²) >= 11 is 0. The summed E-state index contributed by atoms with van der Waals surface area (Å²) in [7, 11) is 0. The Bertz CT molecular complexity index is 217. The van der Waals surface area contributed by atoms with Gasteiger partial charge in [0.1, 0.15) is 0 Å². The average molecular weight is 137 g/mol. The molecule has 0 saturated heterocycles. The van der Waals surface area contributed by atoms with Gasteiger partial charge in [0, 0.05) is 6.54 Å². The van der Waals surface area contributed by atoms with Crippen molar-refractivity contribution in [3.8, 4) is 0 Å². The van der Waals surface area contributed by atoms with Gasteiger partial charge in [-0.3, -0.25) is 4.79 Å². The predicted octanol–water partition coefficient (Wildman–Crippen LogP) is 0.596. The van der Waals surface area contributed by atoms with E-state index >= 15 is 0 Å². The molecule has 1 aliphatic rings. The minimum atomic E-state index is -0.313. The van der Waals surface area contributed by atoms with Crippen molar-refractivity contribution >= 4 is 5.91 Å². The third-order valence-electron chi connectivity index (χ3n) is 0.944. The highest BCUT2D eigenvalue weighted by atomic mass is 16.1. The van der Waals surface area contributed by atoms with Crippen LogP contribution >= 0.6 is 0 Å². The molecule has 0 saturated carbocycles. The van der Waals surface area contributed by atoms with Crippen LogP contribution in [0.4, 0.5) is 0 Å². The maximum atomic E-state index is 10.4. The van der Waals surface area contributed by atoms with Crippen LogP contribution in [0.3, 0.4) is 0 Å². The molecule has 1 amide bonds. The Labute approximate surface area is 58.3 Å². The second-order valence-corrected chi connectivity index (χ2v) is 1.74. The Kier molecular flexibility index (Phi) is 1.94. The molecule has 0 bridgehead atoms. The van der Waals surface area contributed by atoms with Crippen molar-refractivity contribution in [2.75, 3.05) is 6.54 Å². The van der Waals surface area contributed by atoms with Crippen molar-refractivity contribution < 1.29 is 4.79 Å². The Morgan fingerprint density at radius 3 is 3.00 bits per heavy atom. The largest absolute Gasteiger partial charge is 0.365 e. The van der Waals surface area contributed by atoms with E-state index in [1.807, 2.05) is 0 Å². The van der Waals surface area contributed by atoms with Crippen LogP contribution in [0.1, 0.15) is 0 Å². The van der Waals surface area contributed by atoms with Crippen molar-refractivity contribution in [2.45, 2.75) is 0 Å². The lowest BCUT2D eigenvalue weighted by atomic mass is 10.5. The molecule has 0 aliphatic carbocycles. The molecule has 0 fully saturated rings. The number of hydrogen-bond acceptors (Lipinski definition) is 3. The van der Waals surface area contributed by atoms with Gasteiger partial charge in [-0.2, -0.15) is 0 Å². The average Bonchev–Trinajstić information content (AvgIpc) is 2.31. The molecular formula is C6H7N3O. The van der Waals surface area contributed by atoms with Gasteiger partial charge in [0.25, 0.3) is 5.91 Å². The van der Waals surface area contributed by atoms with Gasteiger partial charge in [0.15, 0.2) is 5.82 Å². The van der Waals surface area contributed by atoms with E-state index < -0.39 is 0 Å². The molecular weight excluding hydrogens is 130 g/mol. The van der Waals surface area contributed by atoms with Gasteiger partial charge >= 0.3 is 0 Å². The standard InChI is InChI=1S/C6H7N3O/c1-2-3-7-5-4-6(10)9-8-5/h2,4,7H,1,3H2. The minimum Gasteiger partial charge on any atom is -0.365 e. The molecule has 0 aromatic rings. The van der Waals surface area contributed by atoms with Gasteiger partial charge in [0.05, 0.1) is 6.08 Å². The van der Waals surface area contributed by atoms with Crippen molar-refractivity contribution in [3.63, 3.8) is 0 Å². The minimum absolute atomic E-state index is 0.313. The summed E-state index contributed by atoms with van der Waals surface area (Å²) < 4.78 is 0. The van der Waals surface area contributed by atoms with E-state index in [2.05, 4.69) is 22.1 Å². The lowest BCUT2D eigenvalue weighted by Gasteiger charge is -1.94. The van der Waals surface area contributed by atoms with Crippen LogP contribution in [-0.2, 0) is 4.79 Å². The van der Waals surface area contributed by atoms with Gasteiger partial charge in [-0.05, 0) is 0 Å². The fraction of sp³-hybridized carbons (Fsp3) is 0.167. The highest BCUT2D eigenvalue weighted by Crippen LogP contribution is 2.01. The highest BCUT2D eigenvalue weighted by molar-refractivity contribution is 5.90. The van der Waals surface area contributed by atoms with Gasteiger partial charge in [-0.1, -0.05) is 6.08 Å². The molecule has 52 valence electrons. The van der Waals surface area contributed by atoms with Crippen molar-refractivity contribution in [1.82, 2.24) is 5.32 Å². The van der Waals surface area contributed by atoms with Crippen LogP contribution in [0.15, 0.2) is 34.8 Å². The molecule has 0 aromatic carbocycles. The van der Waals surface area contributed by atoms with Crippen molar-refractivity contribution in [1.29, 1.82) is 0 Å². The van der Waals surface area contributed by atoms with Gasteiger partial charge in [-0.25, -0.2) is 0 Å².